The van der Waals surface area contributed by atoms with Crippen molar-refractivity contribution in [1.29, 1.82) is 0 Å². The summed E-state index contributed by atoms with van der Waals surface area (Å²) < 4.78 is 5.31. The summed E-state index contributed by atoms with van der Waals surface area (Å²) in [6.45, 7) is 10.1. The van der Waals surface area contributed by atoms with Crippen molar-refractivity contribution in [2.75, 3.05) is 26.3 Å². The van der Waals surface area contributed by atoms with Gasteiger partial charge in [0.15, 0.2) is 0 Å². The van der Waals surface area contributed by atoms with Crippen molar-refractivity contribution < 1.29 is 4.74 Å². The highest BCUT2D eigenvalue weighted by Gasteiger charge is 2.10. The van der Waals surface area contributed by atoms with E-state index in [9.17, 15) is 0 Å². The van der Waals surface area contributed by atoms with Gasteiger partial charge < -0.3 is 9.64 Å². The van der Waals surface area contributed by atoms with E-state index >= 15 is 0 Å². The highest BCUT2D eigenvalue weighted by atomic mass is 16.5. The van der Waals surface area contributed by atoms with Gasteiger partial charge in [0, 0.05) is 18.8 Å². The summed E-state index contributed by atoms with van der Waals surface area (Å²) in [5, 5.41) is 0. The summed E-state index contributed by atoms with van der Waals surface area (Å²) >= 11 is 0. The lowest BCUT2D eigenvalue weighted by atomic mass is 10.2. The van der Waals surface area contributed by atoms with Crippen molar-refractivity contribution in [3.63, 3.8) is 0 Å². The zero-order valence-corrected chi connectivity index (χ0v) is 8.84. The van der Waals surface area contributed by atoms with Crippen LogP contribution in [0.2, 0.25) is 0 Å². The van der Waals surface area contributed by atoms with Gasteiger partial charge in [-0.3, -0.25) is 0 Å². The van der Waals surface area contributed by atoms with Crippen molar-refractivity contribution in [2.45, 2.75) is 20.8 Å². The molecule has 0 aromatic carbocycles. The Balaban J connectivity index is 2.60. The minimum atomic E-state index is 0.855. The van der Waals surface area contributed by atoms with Gasteiger partial charge in [-0.25, -0.2) is 0 Å². The lowest BCUT2D eigenvalue weighted by Gasteiger charge is -2.29. The third kappa shape index (κ3) is 3.23. The topological polar surface area (TPSA) is 12.5 Å². The summed E-state index contributed by atoms with van der Waals surface area (Å²) in [4.78, 5) is 2.37. The first-order chi connectivity index (χ1) is 6.24. The average molecular weight is 181 g/mol. The van der Waals surface area contributed by atoms with Crippen molar-refractivity contribution in [1.82, 2.24) is 4.90 Å². The molecule has 0 unspecified atom stereocenters. The molecule has 1 saturated heterocycles. The molecule has 1 heterocycles. The molecule has 0 atom stereocenters. The highest BCUT2D eigenvalue weighted by Crippen LogP contribution is 2.10. The first kappa shape index (κ1) is 10.3. The molecule has 1 rings (SSSR count). The largest absolute Gasteiger partial charge is 0.378 e. The van der Waals surface area contributed by atoms with E-state index in [0.717, 1.165) is 26.3 Å². The van der Waals surface area contributed by atoms with Gasteiger partial charge in [-0.1, -0.05) is 11.6 Å². The molecular formula is C11H19NO. The van der Waals surface area contributed by atoms with Crippen LogP contribution >= 0.6 is 0 Å². The summed E-state index contributed by atoms with van der Waals surface area (Å²) in [6, 6.07) is 0. The maximum absolute atomic E-state index is 5.31. The van der Waals surface area contributed by atoms with Crippen LogP contribution in [0.3, 0.4) is 0 Å². The number of morpholine rings is 1. The van der Waals surface area contributed by atoms with E-state index in [1.807, 2.05) is 0 Å². The van der Waals surface area contributed by atoms with Crippen LogP contribution in [0.25, 0.3) is 0 Å². The van der Waals surface area contributed by atoms with Gasteiger partial charge in [-0.2, -0.15) is 0 Å². The quantitative estimate of drug-likeness (QED) is 0.605. The van der Waals surface area contributed by atoms with Gasteiger partial charge in [0.25, 0.3) is 0 Å². The van der Waals surface area contributed by atoms with Crippen LogP contribution in [0.4, 0.5) is 0 Å². The Morgan fingerprint density at radius 2 is 1.85 bits per heavy atom. The van der Waals surface area contributed by atoms with Gasteiger partial charge in [0.2, 0.25) is 0 Å². The molecule has 0 aliphatic carbocycles. The number of nitrogens with zero attached hydrogens (tertiary/aromatic N) is 1. The lowest BCUT2D eigenvalue weighted by molar-refractivity contribution is 0.0553. The molecule has 0 amide bonds. The molecule has 2 heteroatoms. The smallest absolute Gasteiger partial charge is 0.0642 e. The molecule has 2 nitrogen and oxygen atoms in total. The van der Waals surface area contributed by atoms with Crippen LogP contribution in [0, 0.1) is 0 Å². The fourth-order valence-electron chi connectivity index (χ4n) is 1.47. The van der Waals surface area contributed by atoms with Crippen LogP contribution in [-0.2, 0) is 4.74 Å². The second-order valence-corrected chi connectivity index (χ2v) is 3.53. The molecule has 0 aromatic heterocycles. The van der Waals surface area contributed by atoms with Gasteiger partial charge in [0.1, 0.15) is 0 Å². The van der Waals surface area contributed by atoms with Crippen molar-refractivity contribution in [2.24, 2.45) is 0 Å². The SMILES string of the molecule is CC=C(C=C(C)C)N1CCOCC1. The number of allylic oxidation sites excluding steroid dienone is 3. The maximum Gasteiger partial charge on any atom is 0.0642 e. The zero-order chi connectivity index (χ0) is 9.68. The Hall–Kier alpha value is -0.760. The van der Waals surface area contributed by atoms with E-state index in [1.54, 1.807) is 0 Å². The minimum absolute atomic E-state index is 0.855. The van der Waals surface area contributed by atoms with E-state index in [4.69, 9.17) is 4.74 Å². The average Bonchev–Trinajstić information content (AvgIpc) is 2.15. The molecule has 0 saturated carbocycles. The number of ether oxygens (including phenoxy) is 1. The molecule has 74 valence electrons. The minimum Gasteiger partial charge on any atom is -0.378 e. The normalized spacial score (nSPS) is 18.7. The Labute approximate surface area is 80.9 Å². The highest BCUT2D eigenvalue weighted by molar-refractivity contribution is 5.20. The molecule has 1 aliphatic heterocycles. The van der Waals surface area contributed by atoms with Crippen LogP contribution in [0.5, 0.6) is 0 Å². The zero-order valence-electron chi connectivity index (χ0n) is 8.84. The molecule has 0 spiro atoms. The third-order valence-electron chi connectivity index (χ3n) is 2.11. The molecule has 1 aliphatic rings. The summed E-state index contributed by atoms with van der Waals surface area (Å²) in [5.41, 5.74) is 2.67. The van der Waals surface area contributed by atoms with E-state index < -0.39 is 0 Å². The Morgan fingerprint density at radius 1 is 1.23 bits per heavy atom. The summed E-state index contributed by atoms with van der Waals surface area (Å²) in [5.74, 6) is 0. The van der Waals surface area contributed by atoms with Gasteiger partial charge in [0.05, 0.1) is 13.2 Å². The molecule has 0 bridgehead atoms. The third-order valence-corrected chi connectivity index (χ3v) is 2.11. The van der Waals surface area contributed by atoms with Crippen molar-refractivity contribution in [3.8, 4) is 0 Å². The Morgan fingerprint density at radius 3 is 2.31 bits per heavy atom. The second kappa shape index (κ2) is 5.07. The second-order valence-electron chi connectivity index (χ2n) is 3.53. The fourth-order valence-corrected chi connectivity index (χ4v) is 1.47. The van der Waals surface area contributed by atoms with Crippen LogP contribution < -0.4 is 0 Å². The fraction of sp³-hybridized carbons (Fsp3) is 0.636. The molecule has 13 heavy (non-hydrogen) atoms. The maximum atomic E-state index is 5.31. The van der Waals surface area contributed by atoms with Crippen LogP contribution in [-0.4, -0.2) is 31.2 Å². The lowest BCUT2D eigenvalue weighted by Crippen LogP contribution is -2.35. The predicted octanol–water partition coefficient (Wildman–Crippen LogP) is 2.19. The van der Waals surface area contributed by atoms with E-state index in [1.165, 1.54) is 11.3 Å². The van der Waals surface area contributed by atoms with Gasteiger partial charge >= 0.3 is 0 Å². The van der Waals surface area contributed by atoms with E-state index in [2.05, 4.69) is 37.8 Å². The first-order valence-electron chi connectivity index (χ1n) is 4.88. The number of hydrogen-bond donors (Lipinski definition) is 0. The van der Waals surface area contributed by atoms with Gasteiger partial charge in [-0.05, 0) is 26.8 Å². The number of rotatable bonds is 2. The standard InChI is InChI=1S/C11H19NO/c1-4-11(9-10(2)3)12-5-7-13-8-6-12/h4,9H,5-8H2,1-3H3. The molecular weight excluding hydrogens is 162 g/mol. The molecule has 0 radical (unpaired) electrons. The predicted molar refractivity (Wildman–Crippen MR) is 55.6 cm³/mol. The van der Waals surface area contributed by atoms with Gasteiger partial charge in [-0.15, -0.1) is 0 Å². The summed E-state index contributed by atoms with van der Waals surface area (Å²) in [6.07, 6.45) is 4.39. The number of hydrogen-bond acceptors (Lipinski definition) is 2. The monoisotopic (exact) mass is 181 g/mol. The van der Waals surface area contributed by atoms with E-state index in [0.29, 0.717) is 0 Å². The summed E-state index contributed by atoms with van der Waals surface area (Å²) in [7, 11) is 0. The van der Waals surface area contributed by atoms with Crippen molar-refractivity contribution in [3.05, 3.63) is 23.4 Å². The Kier molecular flexibility index (Phi) is 4.03. The molecule has 1 fully saturated rings. The van der Waals surface area contributed by atoms with Crippen molar-refractivity contribution >= 4 is 0 Å². The molecule has 0 aromatic rings. The van der Waals surface area contributed by atoms with E-state index in [-0.39, 0.29) is 0 Å². The van der Waals surface area contributed by atoms with Crippen LogP contribution in [0.1, 0.15) is 20.8 Å². The molecule has 0 N–H and O–H groups in total. The van der Waals surface area contributed by atoms with Crippen LogP contribution in [0.15, 0.2) is 23.4 Å². The Bertz CT molecular complexity index is 208. The first-order valence-corrected chi connectivity index (χ1v) is 4.88.